The summed E-state index contributed by atoms with van der Waals surface area (Å²) in [7, 11) is 1.64. The molecule has 1 aromatic carbocycles. The molecular formula is C16H21ClN4O3. The minimum atomic E-state index is -0.349. The molecule has 8 heteroatoms. The first-order valence-electron chi connectivity index (χ1n) is 7.59. The molecule has 1 aromatic heterocycles. The summed E-state index contributed by atoms with van der Waals surface area (Å²) in [6.07, 6.45) is 3.42. The molecule has 0 unspecified atom stereocenters. The van der Waals surface area contributed by atoms with Crippen LogP contribution in [0.25, 0.3) is 0 Å². The lowest BCUT2D eigenvalue weighted by atomic mass is 10.3. The van der Waals surface area contributed by atoms with E-state index in [0.717, 1.165) is 5.69 Å². The number of rotatable bonds is 8. The first kappa shape index (κ1) is 18.1. The zero-order valence-electron chi connectivity index (χ0n) is 13.7. The molecule has 0 saturated heterocycles. The summed E-state index contributed by atoms with van der Waals surface area (Å²) in [6.45, 7) is 3.92. The molecule has 0 aliphatic carbocycles. The molecule has 0 saturated carbocycles. The topological polar surface area (TPSA) is 77.4 Å². The van der Waals surface area contributed by atoms with Gasteiger partial charge in [0, 0.05) is 19.9 Å². The van der Waals surface area contributed by atoms with Gasteiger partial charge in [-0.3, -0.25) is 0 Å². The summed E-state index contributed by atoms with van der Waals surface area (Å²) in [5.74, 6) is 0.460. The summed E-state index contributed by atoms with van der Waals surface area (Å²) in [5, 5.41) is 5.99. The first-order chi connectivity index (χ1) is 11.7. The lowest BCUT2D eigenvalue weighted by Crippen LogP contribution is -2.29. The van der Waals surface area contributed by atoms with Crippen molar-refractivity contribution in [1.82, 2.24) is 14.9 Å². The summed E-state index contributed by atoms with van der Waals surface area (Å²) in [5.41, 5.74) is 1.41. The van der Waals surface area contributed by atoms with Crippen LogP contribution in [-0.2, 0) is 17.8 Å². The monoisotopic (exact) mass is 352 g/mol. The van der Waals surface area contributed by atoms with Gasteiger partial charge >= 0.3 is 6.03 Å². The number of imidazole rings is 1. The molecule has 2 amide bonds. The van der Waals surface area contributed by atoms with E-state index >= 15 is 0 Å². The number of halogens is 1. The highest BCUT2D eigenvalue weighted by molar-refractivity contribution is 6.32. The smallest absolute Gasteiger partial charge is 0.319 e. The lowest BCUT2D eigenvalue weighted by Gasteiger charge is -2.14. The number of para-hydroxylation sites is 1. The van der Waals surface area contributed by atoms with E-state index in [1.165, 1.54) is 0 Å². The lowest BCUT2D eigenvalue weighted by molar-refractivity contribution is 0.186. The Labute approximate surface area is 145 Å². The quantitative estimate of drug-likeness (QED) is 0.765. The van der Waals surface area contributed by atoms with Crippen LogP contribution >= 0.6 is 11.6 Å². The van der Waals surface area contributed by atoms with Crippen molar-refractivity contribution in [3.63, 3.8) is 0 Å². The van der Waals surface area contributed by atoms with Gasteiger partial charge in [-0.1, -0.05) is 17.7 Å². The maximum absolute atomic E-state index is 12.1. The van der Waals surface area contributed by atoms with Crippen LogP contribution in [-0.4, -0.2) is 35.9 Å². The molecule has 0 spiro atoms. The maximum atomic E-state index is 12.1. The van der Waals surface area contributed by atoms with Crippen molar-refractivity contribution in [2.75, 3.05) is 25.6 Å². The molecule has 7 nitrogen and oxygen atoms in total. The van der Waals surface area contributed by atoms with E-state index in [2.05, 4.69) is 15.6 Å². The normalized spacial score (nSPS) is 10.5. The number of amides is 2. The second kappa shape index (κ2) is 9.14. The fourth-order valence-electron chi connectivity index (χ4n) is 2.12. The number of aromatic nitrogens is 2. The number of hydrogen-bond donors (Lipinski definition) is 2. The first-order valence-corrected chi connectivity index (χ1v) is 7.97. The number of nitrogens with zero attached hydrogens (tertiary/aromatic N) is 2. The molecule has 0 atom stereocenters. The van der Waals surface area contributed by atoms with Gasteiger partial charge in [-0.05, 0) is 19.1 Å². The number of ether oxygens (including phenoxy) is 2. The second-order valence-corrected chi connectivity index (χ2v) is 5.34. The van der Waals surface area contributed by atoms with Gasteiger partial charge in [-0.15, -0.1) is 0 Å². The van der Waals surface area contributed by atoms with Gasteiger partial charge in [0.05, 0.1) is 42.5 Å². The number of carbonyl (C=O) groups is 1. The highest BCUT2D eigenvalue weighted by Gasteiger charge is 2.11. The molecule has 2 N–H and O–H groups in total. The Hall–Kier alpha value is -2.25. The van der Waals surface area contributed by atoms with Crippen molar-refractivity contribution in [2.45, 2.75) is 20.0 Å². The van der Waals surface area contributed by atoms with E-state index in [1.54, 1.807) is 37.8 Å². The van der Waals surface area contributed by atoms with Crippen LogP contribution in [0.3, 0.4) is 0 Å². The van der Waals surface area contributed by atoms with Crippen LogP contribution in [0.15, 0.2) is 30.7 Å². The predicted molar refractivity (Wildman–Crippen MR) is 92.6 cm³/mol. The summed E-state index contributed by atoms with van der Waals surface area (Å²) in [4.78, 5) is 16.2. The van der Waals surface area contributed by atoms with Crippen LogP contribution in [0.5, 0.6) is 5.75 Å². The molecule has 130 valence electrons. The standard InChI is InChI=1S/C16H21ClN4O3/c1-3-24-15-13(17)5-4-6-14(15)20-16(22)19-10-12-9-18-11-21(12)7-8-23-2/h4-6,9,11H,3,7-8,10H2,1-2H3,(H2,19,20,22). The van der Waals surface area contributed by atoms with Gasteiger partial charge in [0.1, 0.15) is 0 Å². The maximum Gasteiger partial charge on any atom is 0.319 e. The van der Waals surface area contributed by atoms with Crippen LogP contribution in [0, 0.1) is 0 Å². The number of methoxy groups -OCH3 is 1. The zero-order chi connectivity index (χ0) is 17.4. The van der Waals surface area contributed by atoms with Crippen molar-refractivity contribution in [2.24, 2.45) is 0 Å². The minimum Gasteiger partial charge on any atom is -0.490 e. The van der Waals surface area contributed by atoms with Gasteiger partial charge in [-0.2, -0.15) is 0 Å². The number of urea groups is 1. The molecule has 0 radical (unpaired) electrons. The third-order valence-corrected chi connectivity index (χ3v) is 3.57. The molecular weight excluding hydrogens is 332 g/mol. The molecule has 24 heavy (non-hydrogen) atoms. The Morgan fingerprint density at radius 3 is 3.00 bits per heavy atom. The van der Waals surface area contributed by atoms with E-state index in [1.807, 2.05) is 11.5 Å². The van der Waals surface area contributed by atoms with E-state index in [0.29, 0.717) is 42.8 Å². The van der Waals surface area contributed by atoms with E-state index in [-0.39, 0.29) is 6.03 Å². The number of hydrogen-bond acceptors (Lipinski definition) is 4. The fourth-order valence-corrected chi connectivity index (χ4v) is 2.35. The van der Waals surface area contributed by atoms with Crippen molar-refractivity contribution in [3.05, 3.63) is 41.4 Å². The van der Waals surface area contributed by atoms with Crippen molar-refractivity contribution in [1.29, 1.82) is 0 Å². The molecule has 2 rings (SSSR count). The minimum absolute atomic E-state index is 0.347. The third-order valence-electron chi connectivity index (χ3n) is 3.27. The summed E-state index contributed by atoms with van der Waals surface area (Å²) >= 11 is 6.10. The van der Waals surface area contributed by atoms with Gasteiger partial charge in [0.15, 0.2) is 5.75 Å². The average molecular weight is 353 g/mol. The van der Waals surface area contributed by atoms with E-state index < -0.39 is 0 Å². The van der Waals surface area contributed by atoms with Gasteiger partial charge in [0.2, 0.25) is 0 Å². The Bertz CT molecular complexity index is 675. The van der Waals surface area contributed by atoms with Crippen LogP contribution in [0.2, 0.25) is 5.02 Å². The van der Waals surface area contributed by atoms with E-state index in [9.17, 15) is 4.79 Å². The van der Waals surface area contributed by atoms with Crippen LogP contribution in [0.1, 0.15) is 12.6 Å². The average Bonchev–Trinajstić information content (AvgIpc) is 3.01. The Morgan fingerprint density at radius 1 is 1.42 bits per heavy atom. The summed E-state index contributed by atoms with van der Waals surface area (Å²) in [6, 6.07) is 4.85. The van der Waals surface area contributed by atoms with Crippen molar-refractivity contribution >= 4 is 23.3 Å². The van der Waals surface area contributed by atoms with Crippen LogP contribution in [0.4, 0.5) is 10.5 Å². The number of nitrogens with one attached hydrogen (secondary N) is 2. The Balaban J connectivity index is 1.95. The third kappa shape index (κ3) is 4.87. The number of carbonyl (C=O) groups excluding carboxylic acids is 1. The highest BCUT2D eigenvalue weighted by atomic mass is 35.5. The van der Waals surface area contributed by atoms with Crippen molar-refractivity contribution < 1.29 is 14.3 Å². The Kier molecular flexibility index (Phi) is 6.89. The van der Waals surface area contributed by atoms with Gasteiger partial charge in [-0.25, -0.2) is 9.78 Å². The number of anilines is 1. The molecule has 0 aliphatic heterocycles. The van der Waals surface area contributed by atoms with Crippen molar-refractivity contribution in [3.8, 4) is 5.75 Å². The highest BCUT2D eigenvalue weighted by Crippen LogP contribution is 2.32. The summed E-state index contributed by atoms with van der Waals surface area (Å²) < 4.78 is 12.5. The predicted octanol–water partition coefficient (Wildman–Crippen LogP) is 2.90. The fraction of sp³-hybridized carbons (Fsp3) is 0.375. The Morgan fingerprint density at radius 2 is 2.25 bits per heavy atom. The molecule has 0 fully saturated rings. The molecule has 1 heterocycles. The number of benzene rings is 1. The van der Waals surface area contributed by atoms with Gasteiger partial charge < -0.3 is 24.7 Å². The largest absolute Gasteiger partial charge is 0.490 e. The molecule has 0 bridgehead atoms. The SMILES string of the molecule is CCOc1c(Cl)cccc1NC(=O)NCc1cncn1CCOC. The second-order valence-electron chi connectivity index (χ2n) is 4.93. The zero-order valence-corrected chi connectivity index (χ0v) is 14.5. The van der Waals surface area contributed by atoms with Crippen LogP contribution < -0.4 is 15.4 Å². The van der Waals surface area contributed by atoms with Gasteiger partial charge in [0.25, 0.3) is 0 Å². The molecule has 0 aliphatic rings. The van der Waals surface area contributed by atoms with E-state index in [4.69, 9.17) is 21.1 Å². The molecule has 2 aromatic rings.